The lowest BCUT2D eigenvalue weighted by Gasteiger charge is -2.32. The Labute approximate surface area is 175 Å². The van der Waals surface area contributed by atoms with Crippen molar-refractivity contribution in [3.8, 4) is 5.75 Å². The summed E-state index contributed by atoms with van der Waals surface area (Å²) in [6, 6.07) is 10.1. The van der Waals surface area contributed by atoms with Gasteiger partial charge in [-0.05, 0) is 43.3 Å². The van der Waals surface area contributed by atoms with Crippen molar-refractivity contribution in [1.82, 2.24) is 9.78 Å². The van der Waals surface area contributed by atoms with Gasteiger partial charge >= 0.3 is 6.18 Å². The quantitative estimate of drug-likeness (QED) is 0.629. The van der Waals surface area contributed by atoms with E-state index < -0.39 is 17.6 Å². The minimum Gasteiger partial charge on any atom is -0.508 e. The molecule has 0 spiro atoms. The SMILES string of the molecule is C[C@H]1CN(c2ccc(C(F)(F)F)cc2)C(=O)c2c(CC(=O)c3cccc(O)c3)cnn21. The highest BCUT2D eigenvalue weighted by molar-refractivity contribution is 6.08. The first-order valence-electron chi connectivity index (χ1n) is 9.53. The van der Waals surface area contributed by atoms with Crippen LogP contribution >= 0.6 is 0 Å². The first-order chi connectivity index (χ1) is 14.6. The predicted molar refractivity (Wildman–Crippen MR) is 106 cm³/mol. The monoisotopic (exact) mass is 429 g/mol. The van der Waals surface area contributed by atoms with E-state index in [9.17, 15) is 27.9 Å². The van der Waals surface area contributed by atoms with Crippen LogP contribution in [0, 0.1) is 0 Å². The maximum atomic E-state index is 13.2. The average Bonchev–Trinajstić information content (AvgIpc) is 3.14. The van der Waals surface area contributed by atoms with Gasteiger partial charge in [0.05, 0.1) is 17.8 Å². The van der Waals surface area contributed by atoms with E-state index >= 15 is 0 Å². The molecule has 0 radical (unpaired) electrons. The molecule has 9 heteroatoms. The van der Waals surface area contributed by atoms with E-state index in [1.807, 2.05) is 6.92 Å². The van der Waals surface area contributed by atoms with Crippen LogP contribution in [0.25, 0.3) is 0 Å². The van der Waals surface area contributed by atoms with Gasteiger partial charge in [0, 0.05) is 29.8 Å². The van der Waals surface area contributed by atoms with Crippen LogP contribution in [0.3, 0.4) is 0 Å². The Morgan fingerprint density at radius 2 is 1.90 bits per heavy atom. The van der Waals surface area contributed by atoms with Gasteiger partial charge in [-0.3, -0.25) is 14.3 Å². The van der Waals surface area contributed by atoms with Crippen LogP contribution in [0.1, 0.15) is 44.9 Å². The van der Waals surface area contributed by atoms with Crippen LogP contribution in [0.4, 0.5) is 18.9 Å². The lowest BCUT2D eigenvalue weighted by molar-refractivity contribution is -0.137. The molecule has 6 nitrogen and oxygen atoms in total. The van der Waals surface area contributed by atoms with Crippen LogP contribution in [0.15, 0.2) is 54.7 Å². The minimum atomic E-state index is -4.46. The maximum Gasteiger partial charge on any atom is 0.416 e. The summed E-state index contributed by atoms with van der Waals surface area (Å²) in [5.74, 6) is -0.770. The fraction of sp³-hybridized carbons (Fsp3) is 0.227. The number of carbonyl (C=O) groups excluding carboxylic acids is 2. The normalized spacial score (nSPS) is 16.3. The molecule has 4 rings (SSSR count). The Kier molecular flexibility index (Phi) is 5.04. The number of rotatable bonds is 4. The first-order valence-corrected chi connectivity index (χ1v) is 9.53. The van der Waals surface area contributed by atoms with Gasteiger partial charge in [-0.1, -0.05) is 12.1 Å². The molecule has 2 aromatic carbocycles. The summed E-state index contributed by atoms with van der Waals surface area (Å²) >= 11 is 0. The van der Waals surface area contributed by atoms with Crippen LogP contribution < -0.4 is 4.90 Å². The zero-order valence-electron chi connectivity index (χ0n) is 16.4. The third kappa shape index (κ3) is 3.90. The number of anilines is 1. The Morgan fingerprint density at radius 1 is 1.19 bits per heavy atom. The van der Waals surface area contributed by atoms with Gasteiger partial charge in [-0.25, -0.2) is 0 Å². The number of phenolic OH excluding ortho intramolecular Hbond substituents is 1. The number of carbonyl (C=O) groups is 2. The van der Waals surface area contributed by atoms with Gasteiger partial charge in [0.1, 0.15) is 11.4 Å². The van der Waals surface area contributed by atoms with E-state index in [4.69, 9.17) is 0 Å². The summed E-state index contributed by atoms with van der Waals surface area (Å²) in [4.78, 5) is 27.2. The number of benzene rings is 2. The van der Waals surface area contributed by atoms with Crippen molar-refractivity contribution >= 4 is 17.4 Å². The fourth-order valence-electron chi connectivity index (χ4n) is 3.66. The molecular weight excluding hydrogens is 411 g/mol. The molecule has 31 heavy (non-hydrogen) atoms. The first kappa shape index (κ1) is 20.6. The molecule has 160 valence electrons. The van der Waals surface area contributed by atoms with Gasteiger partial charge in [0.2, 0.25) is 0 Å². The van der Waals surface area contributed by atoms with E-state index in [1.54, 1.807) is 12.1 Å². The second-order valence-electron chi connectivity index (χ2n) is 7.42. The van der Waals surface area contributed by atoms with Crippen LogP contribution in [0.2, 0.25) is 0 Å². The Morgan fingerprint density at radius 3 is 2.55 bits per heavy atom. The number of alkyl halides is 3. The molecule has 1 atom stereocenters. The zero-order chi connectivity index (χ0) is 22.3. The summed E-state index contributed by atoms with van der Waals surface area (Å²) in [5, 5.41) is 13.8. The number of aromatic hydroxyl groups is 1. The molecule has 0 aliphatic carbocycles. The number of hydrogen-bond acceptors (Lipinski definition) is 4. The van der Waals surface area contributed by atoms with Crippen molar-refractivity contribution in [3.05, 3.63) is 77.1 Å². The molecule has 1 N–H and O–H groups in total. The highest BCUT2D eigenvalue weighted by atomic mass is 19.4. The number of Topliss-reactive ketones (excluding diaryl/α,β-unsaturated/α-hetero) is 1. The number of nitrogens with zero attached hydrogens (tertiary/aromatic N) is 3. The average molecular weight is 429 g/mol. The van der Waals surface area contributed by atoms with E-state index in [2.05, 4.69) is 5.10 Å². The zero-order valence-corrected chi connectivity index (χ0v) is 16.4. The lowest BCUT2D eigenvalue weighted by atomic mass is 10.0. The molecule has 0 bridgehead atoms. The molecule has 3 aromatic rings. The van der Waals surface area contributed by atoms with Crippen molar-refractivity contribution in [2.45, 2.75) is 25.6 Å². The smallest absolute Gasteiger partial charge is 0.416 e. The molecular formula is C22H18F3N3O3. The molecule has 2 heterocycles. The number of aromatic nitrogens is 2. The molecule has 0 unspecified atom stereocenters. The molecule has 0 saturated carbocycles. The number of hydrogen-bond donors (Lipinski definition) is 1. The number of phenols is 1. The number of amides is 1. The summed E-state index contributed by atoms with van der Waals surface area (Å²) < 4.78 is 40.1. The van der Waals surface area contributed by atoms with Crippen LogP contribution in [-0.4, -0.2) is 33.1 Å². The maximum absolute atomic E-state index is 13.2. The van der Waals surface area contributed by atoms with E-state index in [1.165, 1.54) is 40.0 Å². The van der Waals surface area contributed by atoms with Gasteiger partial charge in [-0.2, -0.15) is 18.3 Å². The molecule has 0 saturated heterocycles. The van der Waals surface area contributed by atoms with Crippen LogP contribution in [-0.2, 0) is 12.6 Å². The van der Waals surface area contributed by atoms with Gasteiger partial charge in [0.25, 0.3) is 5.91 Å². The standard InChI is InChI=1S/C22H18F3N3O3/c1-13-12-27(17-7-5-16(6-8-17)22(23,24)25)21(31)20-15(11-26-28(13)20)10-19(30)14-3-2-4-18(29)9-14/h2-9,11,13,29H,10,12H2,1H3/t13-/m0/s1. The summed E-state index contributed by atoms with van der Waals surface area (Å²) in [6.45, 7) is 2.07. The van der Waals surface area contributed by atoms with Gasteiger partial charge < -0.3 is 10.0 Å². The van der Waals surface area contributed by atoms with Gasteiger partial charge in [-0.15, -0.1) is 0 Å². The minimum absolute atomic E-state index is 0.0407. The van der Waals surface area contributed by atoms with Crippen molar-refractivity contribution < 1.29 is 27.9 Å². The van der Waals surface area contributed by atoms with E-state index in [0.717, 1.165) is 12.1 Å². The molecule has 1 aromatic heterocycles. The molecule has 0 fully saturated rings. The summed E-state index contributed by atoms with van der Waals surface area (Å²) in [7, 11) is 0. The van der Waals surface area contributed by atoms with Crippen molar-refractivity contribution in [2.24, 2.45) is 0 Å². The second kappa shape index (κ2) is 7.57. The molecule has 1 amide bonds. The summed E-state index contributed by atoms with van der Waals surface area (Å²) in [5.41, 5.74) is 0.489. The highest BCUT2D eigenvalue weighted by Crippen LogP contribution is 2.33. The number of ketones is 1. The van der Waals surface area contributed by atoms with E-state index in [-0.39, 0.29) is 36.2 Å². The highest BCUT2D eigenvalue weighted by Gasteiger charge is 2.35. The van der Waals surface area contributed by atoms with Crippen molar-refractivity contribution in [3.63, 3.8) is 0 Å². The number of fused-ring (bicyclic) bond motifs is 1. The predicted octanol–water partition coefficient (Wildman–Crippen LogP) is 4.25. The van der Waals surface area contributed by atoms with Crippen molar-refractivity contribution in [2.75, 3.05) is 11.4 Å². The Hall–Kier alpha value is -3.62. The van der Waals surface area contributed by atoms with Crippen molar-refractivity contribution in [1.29, 1.82) is 0 Å². The summed E-state index contributed by atoms with van der Waals surface area (Å²) in [6.07, 6.45) is -3.10. The fourth-order valence-corrected chi connectivity index (χ4v) is 3.66. The second-order valence-corrected chi connectivity index (χ2v) is 7.42. The molecule has 1 aliphatic rings. The number of halogens is 3. The van der Waals surface area contributed by atoms with Gasteiger partial charge in [0.15, 0.2) is 5.78 Å². The Bertz CT molecular complexity index is 1150. The topological polar surface area (TPSA) is 75.4 Å². The molecule has 1 aliphatic heterocycles. The van der Waals surface area contributed by atoms with E-state index in [0.29, 0.717) is 16.8 Å². The Balaban J connectivity index is 1.63. The third-order valence-corrected chi connectivity index (χ3v) is 5.21. The lowest BCUT2D eigenvalue weighted by Crippen LogP contribution is -2.43. The largest absolute Gasteiger partial charge is 0.508 e. The van der Waals surface area contributed by atoms with Crippen LogP contribution in [0.5, 0.6) is 5.75 Å². The third-order valence-electron chi connectivity index (χ3n) is 5.21.